The van der Waals surface area contributed by atoms with Gasteiger partial charge in [-0.25, -0.2) is 0 Å². The number of carbonyl (C=O) groups excluding carboxylic acids is 2. The Morgan fingerprint density at radius 3 is 2.63 bits per heavy atom. The Balaban J connectivity index is 1.42. The molecule has 1 aliphatic rings. The van der Waals surface area contributed by atoms with Crippen LogP contribution in [0.15, 0.2) is 42.5 Å². The maximum Gasteiger partial charge on any atom is 0.248 e. The number of amides is 2. The van der Waals surface area contributed by atoms with Crippen molar-refractivity contribution in [3.63, 3.8) is 0 Å². The molecule has 1 aliphatic heterocycles. The van der Waals surface area contributed by atoms with Crippen molar-refractivity contribution in [1.82, 2.24) is 25.1 Å². The van der Waals surface area contributed by atoms with Gasteiger partial charge in [0.15, 0.2) is 11.5 Å². The first-order valence-electron chi connectivity index (χ1n) is 9.38. The van der Waals surface area contributed by atoms with Crippen LogP contribution in [-0.2, 0) is 17.9 Å². The van der Waals surface area contributed by atoms with E-state index in [0.717, 1.165) is 5.56 Å². The van der Waals surface area contributed by atoms with Crippen LogP contribution < -0.4 is 15.2 Å². The molecule has 0 fully saturated rings. The second-order valence-electron chi connectivity index (χ2n) is 6.68. The highest BCUT2D eigenvalue weighted by atomic mass is 16.7. The van der Waals surface area contributed by atoms with Gasteiger partial charge in [0.2, 0.25) is 24.4 Å². The fraction of sp³-hybridized carbons (Fsp3) is 0.250. The smallest absolute Gasteiger partial charge is 0.248 e. The summed E-state index contributed by atoms with van der Waals surface area (Å²) in [5.74, 6) is 1.10. The van der Waals surface area contributed by atoms with E-state index in [4.69, 9.17) is 15.2 Å². The maximum atomic E-state index is 12.7. The van der Waals surface area contributed by atoms with E-state index in [1.54, 1.807) is 29.2 Å². The van der Waals surface area contributed by atoms with Gasteiger partial charge in [-0.2, -0.15) is 4.80 Å². The van der Waals surface area contributed by atoms with Gasteiger partial charge in [-0.05, 0) is 42.0 Å². The van der Waals surface area contributed by atoms with Crippen molar-refractivity contribution in [2.75, 3.05) is 13.3 Å². The van der Waals surface area contributed by atoms with Crippen molar-refractivity contribution in [1.29, 1.82) is 0 Å². The molecule has 1 aromatic heterocycles. The zero-order chi connectivity index (χ0) is 21.1. The number of ether oxygens (including phenoxy) is 2. The van der Waals surface area contributed by atoms with Gasteiger partial charge in [0.05, 0.1) is 0 Å². The number of hydrogen-bond donors (Lipinski definition) is 1. The van der Waals surface area contributed by atoms with Gasteiger partial charge in [-0.3, -0.25) is 9.59 Å². The number of carbonyl (C=O) groups is 2. The van der Waals surface area contributed by atoms with Crippen LogP contribution in [0.3, 0.4) is 0 Å². The Bertz CT molecular complexity index is 1080. The lowest BCUT2D eigenvalue weighted by Crippen LogP contribution is -2.33. The zero-order valence-corrected chi connectivity index (χ0v) is 16.3. The molecule has 0 saturated carbocycles. The van der Waals surface area contributed by atoms with Crippen LogP contribution in [0.4, 0.5) is 0 Å². The quantitative estimate of drug-likeness (QED) is 0.623. The standard InChI is InChI=1S/C20H20N6O4/c1-2-25(10-13-3-8-16-17(9-13)30-12-29-16)18(27)11-26-23-20(22-24-26)15-6-4-14(5-7-15)19(21)28/h3-9H,2,10-12H2,1H3,(H2,21,28). The first kappa shape index (κ1) is 19.4. The summed E-state index contributed by atoms with van der Waals surface area (Å²) in [5, 5.41) is 12.2. The summed E-state index contributed by atoms with van der Waals surface area (Å²) in [7, 11) is 0. The fourth-order valence-electron chi connectivity index (χ4n) is 3.07. The van der Waals surface area contributed by atoms with E-state index in [9.17, 15) is 9.59 Å². The first-order chi connectivity index (χ1) is 14.5. The van der Waals surface area contributed by atoms with Crippen molar-refractivity contribution in [2.45, 2.75) is 20.0 Å². The van der Waals surface area contributed by atoms with Crippen LogP contribution in [0.25, 0.3) is 11.4 Å². The average molecular weight is 408 g/mol. The highest BCUT2D eigenvalue weighted by Crippen LogP contribution is 2.32. The molecule has 0 atom stereocenters. The van der Waals surface area contributed by atoms with Crippen LogP contribution >= 0.6 is 0 Å². The molecule has 2 heterocycles. The molecule has 2 amide bonds. The molecular formula is C20H20N6O4. The molecule has 0 radical (unpaired) electrons. The molecule has 154 valence electrons. The van der Waals surface area contributed by atoms with Crippen LogP contribution in [-0.4, -0.2) is 50.3 Å². The van der Waals surface area contributed by atoms with Gasteiger partial charge in [-0.1, -0.05) is 18.2 Å². The lowest BCUT2D eigenvalue weighted by atomic mass is 10.1. The van der Waals surface area contributed by atoms with Gasteiger partial charge in [0.25, 0.3) is 0 Å². The van der Waals surface area contributed by atoms with E-state index in [2.05, 4.69) is 15.4 Å². The van der Waals surface area contributed by atoms with Gasteiger partial charge >= 0.3 is 0 Å². The molecule has 2 aromatic carbocycles. The van der Waals surface area contributed by atoms with Gasteiger partial charge in [-0.15, -0.1) is 10.2 Å². The predicted molar refractivity (Wildman–Crippen MR) is 105 cm³/mol. The number of tetrazole rings is 1. The summed E-state index contributed by atoms with van der Waals surface area (Å²) < 4.78 is 10.7. The van der Waals surface area contributed by atoms with E-state index in [1.165, 1.54) is 4.80 Å². The lowest BCUT2D eigenvalue weighted by molar-refractivity contribution is -0.132. The van der Waals surface area contributed by atoms with Crippen molar-refractivity contribution in [3.05, 3.63) is 53.6 Å². The summed E-state index contributed by atoms with van der Waals surface area (Å²) in [5.41, 5.74) is 7.25. The van der Waals surface area contributed by atoms with Gasteiger partial charge in [0, 0.05) is 24.2 Å². The fourth-order valence-corrected chi connectivity index (χ4v) is 3.07. The summed E-state index contributed by atoms with van der Waals surface area (Å²) in [6, 6.07) is 12.2. The largest absolute Gasteiger partial charge is 0.454 e. The molecule has 3 aromatic rings. The Hall–Kier alpha value is -3.95. The van der Waals surface area contributed by atoms with E-state index in [0.29, 0.717) is 41.5 Å². The number of likely N-dealkylation sites (N-methyl/N-ethyl adjacent to an activating group) is 1. The number of benzene rings is 2. The molecule has 0 aliphatic carbocycles. The minimum Gasteiger partial charge on any atom is -0.454 e. The summed E-state index contributed by atoms with van der Waals surface area (Å²) in [4.78, 5) is 26.9. The third-order valence-corrected chi connectivity index (χ3v) is 4.70. The number of primary amides is 1. The second kappa shape index (κ2) is 8.19. The van der Waals surface area contributed by atoms with Gasteiger partial charge in [0.1, 0.15) is 6.54 Å². The number of fused-ring (bicyclic) bond motifs is 1. The average Bonchev–Trinajstić information content (AvgIpc) is 3.41. The summed E-state index contributed by atoms with van der Waals surface area (Å²) >= 11 is 0. The SMILES string of the molecule is CCN(Cc1ccc2c(c1)OCO2)C(=O)Cn1nnc(-c2ccc(C(N)=O)cc2)n1. The molecule has 0 unspecified atom stereocenters. The van der Waals surface area contributed by atoms with Crippen LogP contribution in [0, 0.1) is 0 Å². The number of hydrogen-bond acceptors (Lipinski definition) is 7. The van der Waals surface area contributed by atoms with Crippen LogP contribution in [0.2, 0.25) is 0 Å². The molecule has 4 rings (SSSR count). The molecule has 0 spiro atoms. The summed E-state index contributed by atoms with van der Waals surface area (Å²) in [6.07, 6.45) is 0. The van der Waals surface area contributed by atoms with E-state index < -0.39 is 5.91 Å². The normalized spacial score (nSPS) is 12.0. The highest BCUT2D eigenvalue weighted by Gasteiger charge is 2.18. The maximum absolute atomic E-state index is 12.7. The van der Waals surface area contributed by atoms with Crippen LogP contribution in [0.5, 0.6) is 11.5 Å². The van der Waals surface area contributed by atoms with Crippen molar-refractivity contribution >= 4 is 11.8 Å². The van der Waals surface area contributed by atoms with Crippen molar-refractivity contribution in [2.24, 2.45) is 5.73 Å². The second-order valence-corrected chi connectivity index (χ2v) is 6.68. The number of aromatic nitrogens is 4. The highest BCUT2D eigenvalue weighted by molar-refractivity contribution is 5.93. The summed E-state index contributed by atoms with van der Waals surface area (Å²) in [6.45, 7) is 3.04. The Labute approximate surface area is 172 Å². The predicted octanol–water partition coefficient (Wildman–Crippen LogP) is 1.22. The Morgan fingerprint density at radius 1 is 1.13 bits per heavy atom. The van der Waals surface area contributed by atoms with E-state index in [-0.39, 0.29) is 19.2 Å². The van der Waals surface area contributed by atoms with Gasteiger partial charge < -0.3 is 20.1 Å². The minimum absolute atomic E-state index is 0.0369. The third kappa shape index (κ3) is 4.07. The number of rotatable bonds is 7. The van der Waals surface area contributed by atoms with E-state index >= 15 is 0 Å². The number of nitrogens with zero attached hydrogens (tertiary/aromatic N) is 5. The third-order valence-electron chi connectivity index (χ3n) is 4.70. The molecule has 2 N–H and O–H groups in total. The minimum atomic E-state index is -0.508. The first-order valence-corrected chi connectivity index (χ1v) is 9.38. The lowest BCUT2D eigenvalue weighted by Gasteiger charge is -2.20. The van der Waals surface area contributed by atoms with Crippen LogP contribution in [0.1, 0.15) is 22.8 Å². The molecular weight excluding hydrogens is 388 g/mol. The molecule has 30 heavy (non-hydrogen) atoms. The molecule has 0 saturated heterocycles. The Morgan fingerprint density at radius 2 is 1.90 bits per heavy atom. The zero-order valence-electron chi connectivity index (χ0n) is 16.3. The molecule has 0 bridgehead atoms. The topological polar surface area (TPSA) is 125 Å². The monoisotopic (exact) mass is 408 g/mol. The van der Waals surface area contributed by atoms with Crippen molar-refractivity contribution in [3.8, 4) is 22.9 Å². The van der Waals surface area contributed by atoms with Crippen molar-refractivity contribution < 1.29 is 19.1 Å². The molecule has 10 heteroatoms. The Kier molecular flexibility index (Phi) is 5.29. The van der Waals surface area contributed by atoms with E-state index in [1.807, 2.05) is 25.1 Å². The molecule has 10 nitrogen and oxygen atoms in total. The number of nitrogens with two attached hydrogens (primary N) is 1.